The van der Waals surface area contributed by atoms with Crippen LogP contribution in [0.15, 0.2) is 24.3 Å². The van der Waals surface area contributed by atoms with Crippen molar-refractivity contribution in [2.24, 2.45) is 5.73 Å². The molecule has 0 bridgehead atoms. The van der Waals surface area contributed by atoms with Gasteiger partial charge >= 0.3 is 0 Å². The summed E-state index contributed by atoms with van der Waals surface area (Å²) in [4.78, 5) is 9.30. The Morgan fingerprint density at radius 3 is 2.50 bits per heavy atom. The molecule has 0 fully saturated rings. The van der Waals surface area contributed by atoms with E-state index in [0.717, 1.165) is 23.6 Å². The topological polar surface area (TPSA) is 51.8 Å². The van der Waals surface area contributed by atoms with Gasteiger partial charge in [0.25, 0.3) is 0 Å². The number of hydrogen-bond acceptors (Lipinski definition) is 3. The fraction of sp³-hybridized carbons (Fsp3) is 0.412. The van der Waals surface area contributed by atoms with Crippen LogP contribution in [0.3, 0.4) is 0 Å². The van der Waals surface area contributed by atoms with Gasteiger partial charge in [0.15, 0.2) is 0 Å². The number of hydrogen-bond donors (Lipinski definition) is 1. The van der Waals surface area contributed by atoms with E-state index in [2.05, 4.69) is 50.0 Å². The number of aryl methyl sites for hydroxylation is 3. The smallest absolute Gasteiger partial charge is 0.132 e. The average molecular weight is 269 g/mol. The summed E-state index contributed by atoms with van der Waals surface area (Å²) in [6.07, 6.45) is 0.912. The number of rotatable bonds is 4. The molecule has 0 spiro atoms. The number of nitrogens with two attached hydrogens (primary N) is 1. The van der Waals surface area contributed by atoms with Gasteiger partial charge in [0.1, 0.15) is 5.82 Å². The van der Waals surface area contributed by atoms with Crippen molar-refractivity contribution >= 4 is 0 Å². The maximum atomic E-state index is 5.64. The summed E-state index contributed by atoms with van der Waals surface area (Å²) >= 11 is 0. The highest BCUT2D eigenvalue weighted by molar-refractivity contribution is 5.64. The van der Waals surface area contributed by atoms with Gasteiger partial charge in [-0.05, 0) is 45.4 Å². The molecular formula is C17H23N3. The predicted octanol–water partition coefficient (Wildman–Crippen LogP) is 3.52. The molecule has 2 rings (SSSR count). The molecule has 3 nitrogen and oxygen atoms in total. The van der Waals surface area contributed by atoms with Crippen molar-refractivity contribution in [2.75, 3.05) is 6.54 Å². The second-order valence-corrected chi connectivity index (χ2v) is 5.55. The Bertz CT molecular complexity index is 605. The summed E-state index contributed by atoms with van der Waals surface area (Å²) in [7, 11) is 0. The van der Waals surface area contributed by atoms with E-state index in [1.54, 1.807) is 0 Å². The van der Waals surface area contributed by atoms with Crippen molar-refractivity contribution in [3.63, 3.8) is 0 Å². The van der Waals surface area contributed by atoms with Gasteiger partial charge < -0.3 is 5.73 Å². The molecule has 1 aromatic heterocycles. The summed E-state index contributed by atoms with van der Waals surface area (Å²) in [6, 6.07) is 8.51. The molecule has 1 unspecified atom stereocenters. The third kappa shape index (κ3) is 3.23. The van der Waals surface area contributed by atoms with Crippen molar-refractivity contribution in [1.82, 2.24) is 9.97 Å². The van der Waals surface area contributed by atoms with E-state index in [0.29, 0.717) is 12.5 Å². The van der Waals surface area contributed by atoms with Crippen LogP contribution in [-0.4, -0.2) is 16.5 Å². The lowest BCUT2D eigenvalue weighted by molar-refractivity contribution is 0.645. The Labute approximate surface area is 121 Å². The first-order chi connectivity index (χ1) is 9.51. The molecule has 0 radical (unpaired) electrons. The zero-order valence-corrected chi connectivity index (χ0v) is 12.8. The molecule has 0 aliphatic heterocycles. The lowest BCUT2D eigenvalue weighted by atomic mass is 10.0. The van der Waals surface area contributed by atoms with E-state index in [1.165, 1.54) is 16.7 Å². The van der Waals surface area contributed by atoms with Crippen LogP contribution in [0.25, 0.3) is 11.3 Å². The molecule has 1 atom stereocenters. The van der Waals surface area contributed by atoms with E-state index < -0.39 is 0 Å². The lowest BCUT2D eigenvalue weighted by Gasteiger charge is -2.13. The van der Waals surface area contributed by atoms with Crippen LogP contribution in [0.1, 0.15) is 41.9 Å². The number of nitrogens with zero attached hydrogens (tertiary/aromatic N) is 2. The number of benzene rings is 1. The molecule has 1 aromatic carbocycles. The molecule has 3 heteroatoms. The molecule has 0 saturated heterocycles. The van der Waals surface area contributed by atoms with Crippen LogP contribution in [0, 0.1) is 20.8 Å². The maximum absolute atomic E-state index is 5.64. The summed E-state index contributed by atoms with van der Waals surface area (Å²) in [5.74, 6) is 1.19. The largest absolute Gasteiger partial charge is 0.330 e. The van der Waals surface area contributed by atoms with Crippen LogP contribution in [0.2, 0.25) is 0 Å². The van der Waals surface area contributed by atoms with E-state index in [1.807, 2.05) is 6.92 Å². The minimum absolute atomic E-state index is 0.296. The predicted molar refractivity (Wildman–Crippen MR) is 83.8 cm³/mol. The maximum Gasteiger partial charge on any atom is 0.132 e. The molecular weight excluding hydrogens is 246 g/mol. The molecule has 20 heavy (non-hydrogen) atoms. The molecule has 0 saturated carbocycles. The highest BCUT2D eigenvalue weighted by atomic mass is 14.9. The fourth-order valence-corrected chi connectivity index (χ4v) is 2.43. The van der Waals surface area contributed by atoms with E-state index in [9.17, 15) is 0 Å². The van der Waals surface area contributed by atoms with Gasteiger partial charge in [-0.1, -0.05) is 30.7 Å². The number of aromatic nitrogens is 2. The van der Waals surface area contributed by atoms with E-state index in [-0.39, 0.29) is 0 Å². The van der Waals surface area contributed by atoms with Gasteiger partial charge in [0, 0.05) is 17.2 Å². The third-order valence-electron chi connectivity index (χ3n) is 3.57. The highest BCUT2D eigenvalue weighted by Gasteiger charge is 2.12. The first kappa shape index (κ1) is 14.7. The summed E-state index contributed by atoms with van der Waals surface area (Å²) in [5, 5.41) is 0. The van der Waals surface area contributed by atoms with Gasteiger partial charge in [-0.25, -0.2) is 9.97 Å². The first-order valence-corrected chi connectivity index (χ1v) is 7.14. The second kappa shape index (κ2) is 6.14. The van der Waals surface area contributed by atoms with Crippen molar-refractivity contribution in [2.45, 2.75) is 40.0 Å². The zero-order valence-electron chi connectivity index (χ0n) is 12.8. The Kier molecular flexibility index (Phi) is 4.50. The zero-order chi connectivity index (χ0) is 14.7. The van der Waals surface area contributed by atoms with Crippen LogP contribution in [0.5, 0.6) is 0 Å². The summed E-state index contributed by atoms with van der Waals surface area (Å²) in [5.41, 5.74) is 11.4. The van der Waals surface area contributed by atoms with Crippen molar-refractivity contribution in [3.8, 4) is 11.3 Å². The lowest BCUT2D eigenvalue weighted by Crippen LogP contribution is -2.09. The van der Waals surface area contributed by atoms with Gasteiger partial charge in [0.05, 0.1) is 5.69 Å². The van der Waals surface area contributed by atoms with Crippen molar-refractivity contribution in [3.05, 3.63) is 46.9 Å². The molecule has 0 aliphatic rings. The van der Waals surface area contributed by atoms with Crippen molar-refractivity contribution in [1.29, 1.82) is 0 Å². The SMILES string of the molecule is Cc1ccc(-c2cc(C)nc(C(C)CCN)n2)c(C)c1. The van der Waals surface area contributed by atoms with E-state index >= 15 is 0 Å². The first-order valence-electron chi connectivity index (χ1n) is 7.14. The Balaban J connectivity index is 2.46. The fourth-order valence-electron chi connectivity index (χ4n) is 2.43. The minimum Gasteiger partial charge on any atom is -0.330 e. The summed E-state index contributed by atoms with van der Waals surface area (Å²) in [6.45, 7) is 9.05. The van der Waals surface area contributed by atoms with Crippen LogP contribution >= 0.6 is 0 Å². The Hall–Kier alpha value is -1.74. The monoisotopic (exact) mass is 269 g/mol. The third-order valence-corrected chi connectivity index (χ3v) is 3.57. The quantitative estimate of drug-likeness (QED) is 0.924. The molecule has 106 valence electrons. The minimum atomic E-state index is 0.296. The average Bonchev–Trinajstić information content (AvgIpc) is 2.38. The van der Waals surface area contributed by atoms with Crippen LogP contribution in [0.4, 0.5) is 0 Å². The van der Waals surface area contributed by atoms with Gasteiger partial charge in [0.2, 0.25) is 0 Å². The Morgan fingerprint density at radius 2 is 1.85 bits per heavy atom. The molecule has 2 aromatic rings. The molecule has 0 aliphatic carbocycles. The van der Waals surface area contributed by atoms with Crippen LogP contribution in [-0.2, 0) is 0 Å². The molecule has 2 N–H and O–H groups in total. The van der Waals surface area contributed by atoms with E-state index in [4.69, 9.17) is 10.7 Å². The molecule has 1 heterocycles. The van der Waals surface area contributed by atoms with Gasteiger partial charge in [-0.2, -0.15) is 0 Å². The molecule has 0 amide bonds. The normalized spacial score (nSPS) is 12.4. The standard InChI is InChI=1S/C17H23N3/c1-11-5-6-15(13(3)9-11)16-10-14(4)19-17(20-16)12(2)7-8-18/h5-6,9-10,12H,7-8,18H2,1-4H3. The summed E-state index contributed by atoms with van der Waals surface area (Å²) < 4.78 is 0. The van der Waals surface area contributed by atoms with Gasteiger partial charge in [-0.3, -0.25) is 0 Å². The van der Waals surface area contributed by atoms with Crippen molar-refractivity contribution < 1.29 is 0 Å². The highest BCUT2D eigenvalue weighted by Crippen LogP contribution is 2.25. The Morgan fingerprint density at radius 1 is 1.10 bits per heavy atom. The van der Waals surface area contributed by atoms with Crippen LogP contribution < -0.4 is 5.73 Å². The van der Waals surface area contributed by atoms with Gasteiger partial charge in [-0.15, -0.1) is 0 Å². The second-order valence-electron chi connectivity index (χ2n) is 5.55.